The number of ether oxygens (including phenoxy) is 2. The second-order valence-electron chi connectivity index (χ2n) is 7.49. The van der Waals surface area contributed by atoms with Gasteiger partial charge in [-0.3, -0.25) is 4.98 Å². The van der Waals surface area contributed by atoms with Crippen molar-refractivity contribution in [2.75, 3.05) is 32.2 Å². The highest BCUT2D eigenvalue weighted by atomic mass is 16.5. The molecule has 164 valence electrons. The average Bonchev–Trinajstić information content (AvgIpc) is 2.86. The van der Waals surface area contributed by atoms with Crippen LogP contribution in [0.5, 0.6) is 5.75 Å². The maximum Gasteiger partial charge on any atom is 0.163 e. The molecule has 32 heavy (non-hydrogen) atoms. The minimum absolute atomic E-state index is 0.657. The number of hydrogen-bond donors (Lipinski definition) is 1. The van der Waals surface area contributed by atoms with Crippen molar-refractivity contribution >= 4 is 16.7 Å². The molecule has 0 bridgehead atoms. The van der Waals surface area contributed by atoms with Crippen LogP contribution in [0.25, 0.3) is 33.4 Å². The molecule has 0 saturated carbocycles. The second-order valence-corrected chi connectivity index (χ2v) is 7.49. The first kappa shape index (κ1) is 21.7. The predicted molar refractivity (Wildman–Crippen MR) is 129 cm³/mol. The Morgan fingerprint density at radius 1 is 0.906 bits per heavy atom. The van der Waals surface area contributed by atoms with Crippen molar-refractivity contribution in [3.05, 3.63) is 67.0 Å². The lowest BCUT2D eigenvalue weighted by Gasteiger charge is -2.13. The molecule has 1 N–H and O–H groups in total. The van der Waals surface area contributed by atoms with Crippen molar-refractivity contribution < 1.29 is 9.47 Å². The number of fused-ring (bicyclic) bond motifs is 1. The van der Waals surface area contributed by atoms with E-state index < -0.39 is 0 Å². The molecule has 0 atom stereocenters. The number of nitrogens with zero attached hydrogens (tertiary/aromatic N) is 3. The quantitative estimate of drug-likeness (QED) is 0.332. The number of nitrogens with one attached hydrogen (secondary N) is 1. The summed E-state index contributed by atoms with van der Waals surface area (Å²) in [5, 5.41) is 4.48. The molecule has 4 rings (SSSR count). The Balaban J connectivity index is 1.69. The number of anilines is 1. The van der Waals surface area contributed by atoms with Crippen molar-refractivity contribution in [3.63, 3.8) is 0 Å². The van der Waals surface area contributed by atoms with Crippen LogP contribution in [-0.4, -0.2) is 41.8 Å². The third kappa shape index (κ3) is 5.21. The first-order valence-corrected chi connectivity index (χ1v) is 11.0. The fraction of sp³-hybridized carbons (Fsp3) is 0.269. The Morgan fingerprint density at radius 3 is 2.59 bits per heavy atom. The van der Waals surface area contributed by atoms with Gasteiger partial charge in [0.05, 0.1) is 12.6 Å². The van der Waals surface area contributed by atoms with Gasteiger partial charge in [0.1, 0.15) is 11.6 Å². The summed E-state index contributed by atoms with van der Waals surface area (Å²) in [6, 6.07) is 18.2. The first-order valence-electron chi connectivity index (χ1n) is 11.0. The van der Waals surface area contributed by atoms with Gasteiger partial charge in [-0.25, -0.2) is 9.97 Å². The lowest BCUT2D eigenvalue weighted by molar-refractivity contribution is 0.134. The smallest absolute Gasteiger partial charge is 0.163 e. The Kier molecular flexibility index (Phi) is 7.25. The summed E-state index contributed by atoms with van der Waals surface area (Å²) in [5.41, 5.74) is 3.95. The molecule has 2 aromatic carbocycles. The number of hydrogen-bond acceptors (Lipinski definition) is 6. The molecule has 6 heteroatoms. The van der Waals surface area contributed by atoms with E-state index in [0.29, 0.717) is 5.82 Å². The zero-order valence-electron chi connectivity index (χ0n) is 18.5. The predicted octanol–water partition coefficient (Wildman–Crippen LogP) is 5.60. The fourth-order valence-electron chi connectivity index (χ4n) is 3.50. The number of rotatable bonds is 10. The normalized spacial score (nSPS) is 10.9. The molecule has 0 aliphatic heterocycles. The van der Waals surface area contributed by atoms with Gasteiger partial charge >= 0.3 is 0 Å². The van der Waals surface area contributed by atoms with Crippen LogP contribution in [-0.2, 0) is 4.74 Å². The molecule has 0 radical (unpaired) electrons. The average molecular weight is 429 g/mol. The summed E-state index contributed by atoms with van der Waals surface area (Å²) >= 11 is 0. The molecular formula is C26H28N4O2. The Morgan fingerprint density at radius 2 is 1.78 bits per heavy atom. The summed E-state index contributed by atoms with van der Waals surface area (Å²) in [4.78, 5) is 13.9. The van der Waals surface area contributed by atoms with Gasteiger partial charge in [0.25, 0.3) is 0 Å². The third-order valence-corrected chi connectivity index (χ3v) is 5.12. The van der Waals surface area contributed by atoms with Gasteiger partial charge in [-0.1, -0.05) is 25.1 Å². The lowest BCUT2D eigenvalue weighted by atomic mass is 10.0. The van der Waals surface area contributed by atoms with Crippen molar-refractivity contribution in [1.82, 2.24) is 15.0 Å². The highest BCUT2D eigenvalue weighted by Gasteiger charge is 2.11. The van der Waals surface area contributed by atoms with Gasteiger partial charge in [0.2, 0.25) is 0 Å². The van der Waals surface area contributed by atoms with Crippen LogP contribution in [0.1, 0.15) is 19.8 Å². The molecular weight excluding hydrogens is 400 g/mol. The largest absolute Gasteiger partial charge is 0.497 e. The first-order chi connectivity index (χ1) is 15.8. The van der Waals surface area contributed by atoms with Crippen molar-refractivity contribution in [2.45, 2.75) is 19.8 Å². The Labute approximate surface area is 188 Å². The molecule has 0 unspecified atom stereocenters. The highest BCUT2D eigenvalue weighted by molar-refractivity contribution is 5.94. The lowest BCUT2D eigenvalue weighted by Crippen LogP contribution is -2.09. The molecule has 2 aromatic heterocycles. The number of aromatic nitrogens is 3. The van der Waals surface area contributed by atoms with E-state index in [0.717, 1.165) is 71.8 Å². The van der Waals surface area contributed by atoms with Crippen LogP contribution >= 0.6 is 0 Å². The van der Waals surface area contributed by atoms with Crippen molar-refractivity contribution in [1.29, 1.82) is 0 Å². The van der Waals surface area contributed by atoms with E-state index in [1.807, 2.05) is 36.4 Å². The summed E-state index contributed by atoms with van der Waals surface area (Å²) < 4.78 is 11.0. The molecule has 0 saturated heterocycles. The second kappa shape index (κ2) is 10.7. The molecule has 2 heterocycles. The Hall–Kier alpha value is -3.51. The monoisotopic (exact) mass is 428 g/mol. The maximum atomic E-state index is 5.61. The van der Waals surface area contributed by atoms with Gasteiger partial charge in [0.15, 0.2) is 5.82 Å². The standard InChI is InChI=1S/C26H28N4O2/c1-3-14-32-15-6-13-28-26-23-17-20(19-7-4-9-22(16-19)31-2)10-11-24(23)29-25(30-26)21-8-5-12-27-18-21/h4-5,7-12,16-18H,3,6,13-15H2,1-2H3,(H,28,29,30). The van der Waals surface area contributed by atoms with Crippen LogP contribution in [0.4, 0.5) is 5.82 Å². The molecule has 0 spiro atoms. The number of methoxy groups -OCH3 is 1. The van der Waals surface area contributed by atoms with E-state index in [4.69, 9.17) is 19.4 Å². The molecule has 0 fully saturated rings. The van der Waals surface area contributed by atoms with Gasteiger partial charge < -0.3 is 14.8 Å². The summed E-state index contributed by atoms with van der Waals surface area (Å²) in [6.07, 6.45) is 5.48. The topological polar surface area (TPSA) is 69.2 Å². The van der Waals surface area contributed by atoms with Crippen LogP contribution in [0.3, 0.4) is 0 Å². The molecule has 6 nitrogen and oxygen atoms in total. The molecule has 0 aliphatic rings. The zero-order chi connectivity index (χ0) is 22.2. The van der Waals surface area contributed by atoms with Crippen LogP contribution < -0.4 is 10.1 Å². The van der Waals surface area contributed by atoms with Crippen LogP contribution in [0, 0.1) is 0 Å². The molecule has 0 aliphatic carbocycles. The van der Waals surface area contributed by atoms with Gasteiger partial charge in [-0.05, 0) is 60.4 Å². The van der Waals surface area contributed by atoms with E-state index in [9.17, 15) is 0 Å². The number of pyridine rings is 1. The summed E-state index contributed by atoms with van der Waals surface area (Å²) in [5.74, 6) is 2.30. The van der Waals surface area contributed by atoms with Gasteiger partial charge in [-0.2, -0.15) is 0 Å². The van der Waals surface area contributed by atoms with Gasteiger partial charge in [0, 0.05) is 43.1 Å². The highest BCUT2D eigenvalue weighted by Crippen LogP contribution is 2.31. The van der Waals surface area contributed by atoms with Gasteiger partial charge in [-0.15, -0.1) is 0 Å². The van der Waals surface area contributed by atoms with E-state index in [1.54, 1.807) is 19.5 Å². The maximum absolute atomic E-state index is 5.61. The van der Waals surface area contributed by atoms with E-state index in [-0.39, 0.29) is 0 Å². The van der Waals surface area contributed by atoms with Crippen molar-refractivity contribution in [3.8, 4) is 28.3 Å². The van der Waals surface area contributed by atoms with E-state index in [2.05, 4.69) is 35.4 Å². The van der Waals surface area contributed by atoms with Crippen LogP contribution in [0.15, 0.2) is 67.0 Å². The third-order valence-electron chi connectivity index (χ3n) is 5.12. The minimum atomic E-state index is 0.657. The fourth-order valence-corrected chi connectivity index (χ4v) is 3.50. The minimum Gasteiger partial charge on any atom is -0.497 e. The SMILES string of the molecule is CCCOCCCNc1nc(-c2cccnc2)nc2ccc(-c3cccc(OC)c3)cc12. The summed E-state index contributed by atoms with van der Waals surface area (Å²) in [6.45, 7) is 4.41. The zero-order valence-corrected chi connectivity index (χ0v) is 18.5. The van der Waals surface area contributed by atoms with E-state index in [1.165, 1.54) is 0 Å². The molecule has 4 aromatic rings. The number of benzene rings is 2. The Bertz CT molecular complexity index is 1170. The van der Waals surface area contributed by atoms with E-state index >= 15 is 0 Å². The van der Waals surface area contributed by atoms with Crippen LogP contribution in [0.2, 0.25) is 0 Å². The van der Waals surface area contributed by atoms with Crippen molar-refractivity contribution in [2.24, 2.45) is 0 Å². The molecule has 0 amide bonds. The summed E-state index contributed by atoms with van der Waals surface area (Å²) in [7, 11) is 1.68.